The molecule has 1 atom stereocenters. The summed E-state index contributed by atoms with van der Waals surface area (Å²) in [5.74, 6) is 0. The molecule has 3 heteroatoms. The SMILES string of the molecule is CCOCC(C)(CO)Nc1cccc(C)c1. The van der Waals surface area contributed by atoms with Crippen LogP contribution < -0.4 is 5.32 Å². The van der Waals surface area contributed by atoms with Gasteiger partial charge in [0.25, 0.3) is 0 Å². The third-order valence-electron chi connectivity index (χ3n) is 2.44. The van der Waals surface area contributed by atoms with Crippen LogP contribution >= 0.6 is 0 Å². The van der Waals surface area contributed by atoms with Gasteiger partial charge in [0.1, 0.15) is 0 Å². The van der Waals surface area contributed by atoms with E-state index in [2.05, 4.69) is 11.4 Å². The topological polar surface area (TPSA) is 41.5 Å². The molecule has 1 unspecified atom stereocenters. The quantitative estimate of drug-likeness (QED) is 0.776. The number of nitrogens with one attached hydrogen (secondary N) is 1. The van der Waals surface area contributed by atoms with E-state index in [0.29, 0.717) is 13.2 Å². The Morgan fingerprint density at radius 1 is 1.44 bits per heavy atom. The number of anilines is 1. The van der Waals surface area contributed by atoms with Gasteiger partial charge >= 0.3 is 0 Å². The third kappa shape index (κ3) is 3.83. The first kappa shape index (κ1) is 13.0. The van der Waals surface area contributed by atoms with Crippen molar-refractivity contribution < 1.29 is 9.84 Å². The summed E-state index contributed by atoms with van der Waals surface area (Å²) in [4.78, 5) is 0. The predicted octanol–water partition coefficient (Wildman–Crippen LogP) is 2.19. The molecule has 90 valence electrons. The van der Waals surface area contributed by atoms with Crippen LogP contribution in [-0.4, -0.2) is 30.5 Å². The zero-order valence-electron chi connectivity index (χ0n) is 10.3. The van der Waals surface area contributed by atoms with Crippen molar-refractivity contribution >= 4 is 5.69 Å². The van der Waals surface area contributed by atoms with E-state index in [4.69, 9.17) is 4.74 Å². The first-order valence-corrected chi connectivity index (χ1v) is 5.63. The maximum absolute atomic E-state index is 9.40. The Balaban J connectivity index is 2.68. The number of rotatable bonds is 6. The number of hydrogen-bond donors (Lipinski definition) is 2. The zero-order chi connectivity index (χ0) is 12.0. The van der Waals surface area contributed by atoms with Gasteiger partial charge < -0.3 is 15.2 Å². The lowest BCUT2D eigenvalue weighted by atomic mass is 10.0. The Morgan fingerprint density at radius 2 is 2.19 bits per heavy atom. The minimum absolute atomic E-state index is 0.0426. The second-order valence-electron chi connectivity index (χ2n) is 4.35. The number of ether oxygens (including phenoxy) is 1. The van der Waals surface area contributed by atoms with Crippen molar-refractivity contribution in [2.75, 3.05) is 25.1 Å². The largest absolute Gasteiger partial charge is 0.394 e. The van der Waals surface area contributed by atoms with Crippen molar-refractivity contribution in [3.8, 4) is 0 Å². The molecule has 0 heterocycles. The van der Waals surface area contributed by atoms with E-state index in [1.165, 1.54) is 5.56 Å². The molecule has 2 N–H and O–H groups in total. The molecule has 0 spiro atoms. The van der Waals surface area contributed by atoms with Crippen LogP contribution in [-0.2, 0) is 4.74 Å². The molecule has 0 saturated heterocycles. The fourth-order valence-electron chi connectivity index (χ4n) is 1.52. The molecule has 3 nitrogen and oxygen atoms in total. The maximum Gasteiger partial charge on any atom is 0.0809 e. The van der Waals surface area contributed by atoms with Crippen molar-refractivity contribution in [2.45, 2.75) is 26.3 Å². The molecule has 1 aromatic carbocycles. The van der Waals surface area contributed by atoms with E-state index in [1.54, 1.807) is 0 Å². The molecule has 0 aliphatic heterocycles. The standard InChI is InChI=1S/C13H21NO2/c1-4-16-10-13(3,9-15)14-12-7-5-6-11(2)8-12/h5-8,14-15H,4,9-10H2,1-3H3. The molecule has 0 radical (unpaired) electrons. The lowest BCUT2D eigenvalue weighted by Crippen LogP contribution is -2.43. The zero-order valence-corrected chi connectivity index (χ0v) is 10.3. The van der Waals surface area contributed by atoms with Gasteiger partial charge in [0.2, 0.25) is 0 Å². The summed E-state index contributed by atoms with van der Waals surface area (Å²) in [6.07, 6.45) is 0. The summed E-state index contributed by atoms with van der Waals surface area (Å²) < 4.78 is 5.37. The summed E-state index contributed by atoms with van der Waals surface area (Å²) in [7, 11) is 0. The van der Waals surface area contributed by atoms with E-state index in [-0.39, 0.29) is 6.61 Å². The Kier molecular flexibility index (Phi) is 4.77. The monoisotopic (exact) mass is 223 g/mol. The van der Waals surface area contributed by atoms with Crippen LogP contribution in [0.3, 0.4) is 0 Å². The highest BCUT2D eigenvalue weighted by atomic mass is 16.5. The summed E-state index contributed by atoms with van der Waals surface area (Å²) >= 11 is 0. The van der Waals surface area contributed by atoms with Crippen molar-refractivity contribution in [2.24, 2.45) is 0 Å². The van der Waals surface area contributed by atoms with Gasteiger partial charge in [0, 0.05) is 12.3 Å². The second-order valence-corrected chi connectivity index (χ2v) is 4.35. The van der Waals surface area contributed by atoms with E-state index in [9.17, 15) is 5.11 Å². The lowest BCUT2D eigenvalue weighted by molar-refractivity contribution is 0.0797. The van der Waals surface area contributed by atoms with E-state index in [0.717, 1.165) is 5.69 Å². The molecule has 0 fully saturated rings. The molecule has 0 amide bonds. The smallest absolute Gasteiger partial charge is 0.0809 e. The summed E-state index contributed by atoms with van der Waals surface area (Å²) in [5.41, 5.74) is 1.78. The minimum Gasteiger partial charge on any atom is -0.394 e. The molecule has 0 aromatic heterocycles. The van der Waals surface area contributed by atoms with Gasteiger partial charge in [0.15, 0.2) is 0 Å². The van der Waals surface area contributed by atoms with E-state index in [1.807, 2.05) is 39.0 Å². The highest BCUT2D eigenvalue weighted by Gasteiger charge is 2.23. The van der Waals surface area contributed by atoms with E-state index < -0.39 is 5.54 Å². The number of aliphatic hydroxyl groups excluding tert-OH is 1. The van der Waals surface area contributed by atoms with Crippen LogP contribution in [0.5, 0.6) is 0 Å². The average Bonchev–Trinajstić information content (AvgIpc) is 2.26. The number of benzene rings is 1. The fraction of sp³-hybridized carbons (Fsp3) is 0.538. The Labute approximate surface area is 97.4 Å². The number of aliphatic hydroxyl groups is 1. The first-order chi connectivity index (χ1) is 7.59. The number of aryl methyl sites for hydroxylation is 1. The number of hydrogen-bond acceptors (Lipinski definition) is 3. The van der Waals surface area contributed by atoms with Crippen molar-refractivity contribution in [3.05, 3.63) is 29.8 Å². The molecule has 16 heavy (non-hydrogen) atoms. The Morgan fingerprint density at radius 3 is 2.75 bits per heavy atom. The third-order valence-corrected chi connectivity index (χ3v) is 2.44. The van der Waals surface area contributed by atoms with Gasteiger partial charge in [-0.1, -0.05) is 12.1 Å². The van der Waals surface area contributed by atoms with Crippen LogP contribution in [0.1, 0.15) is 19.4 Å². The Hall–Kier alpha value is -1.06. The summed E-state index contributed by atoms with van der Waals surface area (Å²) in [6, 6.07) is 8.09. The molecular weight excluding hydrogens is 202 g/mol. The van der Waals surface area contributed by atoms with Crippen LogP contribution in [0, 0.1) is 6.92 Å². The van der Waals surface area contributed by atoms with Crippen LogP contribution in [0.2, 0.25) is 0 Å². The van der Waals surface area contributed by atoms with Gasteiger partial charge in [0.05, 0.1) is 18.8 Å². The van der Waals surface area contributed by atoms with E-state index >= 15 is 0 Å². The summed E-state index contributed by atoms with van der Waals surface area (Å²) in [5, 5.41) is 12.7. The van der Waals surface area contributed by atoms with Gasteiger partial charge in [-0.15, -0.1) is 0 Å². The molecular formula is C13H21NO2. The molecule has 0 bridgehead atoms. The van der Waals surface area contributed by atoms with Crippen LogP contribution in [0.4, 0.5) is 5.69 Å². The minimum atomic E-state index is -0.427. The first-order valence-electron chi connectivity index (χ1n) is 5.63. The Bertz CT molecular complexity index is 327. The van der Waals surface area contributed by atoms with Gasteiger partial charge in [-0.05, 0) is 38.5 Å². The molecule has 1 rings (SSSR count). The van der Waals surface area contributed by atoms with Crippen LogP contribution in [0.15, 0.2) is 24.3 Å². The molecule has 0 aliphatic carbocycles. The van der Waals surface area contributed by atoms with Crippen molar-refractivity contribution in [1.29, 1.82) is 0 Å². The lowest BCUT2D eigenvalue weighted by Gasteiger charge is -2.29. The highest BCUT2D eigenvalue weighted by molar-refractivity contribution is 5.47. The fourth-order valence-corrected chi connectivity index (χ4v) is 1.52. The molecule has 1 aromatic rings. The van der Waals surface area contributed by atoms with Gasteiger partial charge in [-0.2, -0.15) is 0 Å². The molecule has 0 aliphatic rings. The molecule has 0 saturated carbocycles. The highest BCUT2D eigenvalue weighted by Crippen LogP contribution is 2.16. The summed E-state index contributed by atoms with van der Waals surface area (Å²) in [6.45, 7) is 7.14. The van der Waals surface area contributed by atoms with Gasteiger partial charge in [-0.25, -0.2) is 0 Å². The predicted molar refractivity (Wildman–Crippen MR) is 66.8 cm³/mol. The maximum atomic E-state index is 9.40. The van der Waals surface area contributed by atoms with Crippen molar-refractivity contribution in [1.82, 2.24) is 0 Å². The second kappa shape index (κ2) is 5.87. The van der Waals surface area contributed by atoms with Crippen LogP contribution in [0.25, 0.3) is 0 Å². The normalized spacial score (nSPS) is 14.5. The van der Waals surface area contributed by atoms with Crippen molar-refractivity contribution in [3.63, 3.8) is 0 Å². The van der Waals surface area contributed by atoms with Gasteiger partial charge in [-0.3, -0.25) is 0 Å². The average molecular weight is 223 g/mol.